The van der Waals surface area contributed by atoms with Gasteiger partial charge in [0.05, 0.1) is 27.7 Å². The number of imide groups is 2. The molecule has 0 saturated heterocycles. The fourth-order valence-electron chi connectivity index (χ4n) is 7.72. The van der Waals surface area contributed by atoms with Gasteiger partial charge in [-0.3, -0.25) is 29.0 Å². The lowest BCUT2D eigenvalue weighted by molar-refractivity contribution is -0.141. The number of nitrogens with zero attached hydrogens (tertiary/aromatic N) is 2. The molecule has 0 aromatic heterocycles. The molecular weight excluding hydrogens is 753 g/mol. The van der Waals surface area contributed by atoms with Crippen molar-refractivity contribution in [2.75, 3.05) is 0 Å². The normalized spacial score (nSPS) is 14.5. The van der Waals surface area contributed by atoms with Crippen molar-refractivity contribution in [3.63, 3.8) is 0 Å². The average molecular weight is 787 g/mol. The molecular formula is C47H34N2O10. The van der Waals surface area contributed by atoms with Crippen LogP contribution < -0.4 is 9.47 Å². The Morgan fingerprint density at radius 1 is 0.441 bits per heavy atom. The van der Waals surface area contributed by atoms with E-state index in [0.717, 1.165) is 32.1 Å². The van der Waals surface area contributed by atoms with Crippen molar-refractivity contribution in [1.29, 1.82) is 0 Å². The maximum atomic E-state index is 13.1. The molecule has 0 bridgehead atoms. The quantitative estimate of drug-likeness (QED) is 0.0923. The number of aliphatic carboxylic acids is 2. The molecule has 0 spiro atoms. The minimum atomic E-state index is -1.33. The standard InChI is InChI=1S/C47H34N2O10/c1-27(45(54)55)48-41(50)37-23-21-35(25-39(37)43(48)52)58-33-17-13-31(14-18-33)47(29-9-5-3-6-10-29,30-11-7-4-8-12-30)32-15-19-34(20-16-32)59-36-22-24-38-40(26-36)44(53)49(42(38)51)28(2)46(56)57/h3-28H,1-2H3,(H,54,55)(H,56,57). The summed E-state index contributed by atoms with van der Waals surface area (Å²) in [6, 6.07) is 41.3. The molecule has 2 aliphatic heterocycles. The molecule has 0 radical (unpaired) electrons. The van der Waals surface area contributed by atoms with Crippen LogP contribution in [0.1, 0.15) is 77.5 Å². The van der Waals surface area contributed by atoms with Gasteiger partial charge in [-0.1, -0.05) is 84.9 Å². The lowest BCUT2D eigenvalue weighted by atomic mass is 9.65. The van der Waals surface area contributed by atoms with Gasteiger partial charge in [0.15, 0.2) is 0 Å². The van der Waals surface area contributed by atoms with E-state index in [1.54, 1.807) is 12.1 Å². The number of carbonyl (C=O) groups excluding carboxylic acids is 4. The number of rotatable bonds is 12. The van der Waals surface area contributed by atoms with Gasteiger partial charge in [0.25, 0.3) is 23.6 Å². The highest BCUT2D eigenvalue weighted by molar-refractivity contribution is 6.23. The van der Waals surface area contributed by atoms with Gasteiger partial charge in [-0.25, -0.2) is 9.59 Å². The molecule has 2 atom stereocenters. The molecule has 12 heteroatoms. The maximum absolute atomic E-state index is 13.1. The van der Waals surface area contributed by atoms with E-state index in [1.165, 1.54) is 38.1 Å². The Morgan fingerprint density at radius 3 is 1.08 bits per heavy atom. The van der Waals surface area contributed by atoms with E-state index in [2.05, 4.69) is 24.3 Å². The van der Waals surface area contributed by atoms with Gasteiger partial charge in [-0.05, 0) is 96.8 Å². The molecule has 2 unspecified atom stereocenters. The van der Waals surface area contributed by atoms with Gasteiger partial charge < -0.3 is 19.7 Å². The van der Waals surface area contributed by atoms with Crippen LogP contribution in [0.2, 0.25) is 0 Å². The Morgan fingerprint density at radius 2 is 0.746 bits per heavy atom. The lowest BCUT2D eigenvalue weighted by Gasteiger charge is -2.37. The first-order chi connectivity index (χ1) is 28.4. The van der Waals surface area contributed by atoms with E-state index >= 15 is 0 Å². The number of carboxylic acid groups (broad SMARTS) is 2. The van der Waals surface area contributed by atoms with Gasteiger partial charge >= 0.3 is 11.9 Å². The highest BCUT2D eigenvalue weighted by atomic mass is 16.5. The number of hydrogen-bond donors (Lipinski definition) is 2. The summed E-state index contributed by atoms with van der Waals surface area (Å²) in [6.45, 7) is 2.56. The summed E-state index contributed by atoms with van der Waals surface area (Å²) < 4.78 is 12.3. The van der Waals surface area contributed by atoms with Crippen LogP contribution in [0.5, 0.6) is 23.0 Å². The van der Waals surface area contributed by atoms with Crippen LogP contribution in [-0.4, -0.2) is 67.7 Å². The summed E-state index contributed by atoms with van der Waals surface area (Å²) in [4.78, 5) is 76.5. The predicted molar refractivity (Wildman–Crippen MR) is 213 cm³/mol. The maximum Gasteiger partial charge on any atom is 0.326 e. The number of hydrogen-bond acceptors (Lipinski definition) is 8. The van der Waals surface area contributed by atoms with Crippen molar-refractivity contribution in [2.24, 2.45) is 0 Å². The van der Waals surface area contributed by atoms with Gasteiger partial charge in [0.2, 0.25) is 0 Å². The molecule has 8 rings (SSSR count). The largest absolute Gasteiger partial charge is 0.480 e. The molecule has 0 saturated carbocycles. The number of amides is 4. The number of ether oxygens (including phenoxy) is 2. The Balaban J connectivity index is 1.12. The average Bonchev–Trinajstić information content (AvgIpc) is 3.64. The van der Waals surface area contributed by atoms with Crippen LogP contribution in [0.15, 0.2) is 146 Å². The molecule has 2 heterocycles. The smallest absolute Gasteiger partial charge is 0.326 e. The lowest BCUT2D eigenvalue weighted by Crippen LogP contribution is -2.42. The van der Waals surface area contributed by atoms with Crippen molar-refractivity contribution < 1.29 is 48.5 Å². The summed E-state index contributed by atoms with van der Waals surface area (Å²) in [5.74, 6) is -3.85. The van der Waals surface area contributed by atoms with Crippen molar-refractivity contribution in [1.82, 2.24) is 9.80 Å². The van der Waals surface area contributed by atoms with Crippen molar-refractivity contribution >= 4 is 35.6 Å². The summed E-state index contributed by atoms with van der Waals surface area (Å²) in [7, 11) is 0. The van der Waals surface area contributed by atoms with Gasteiger partial charge in [-0.15, -0.1) is 0 Å². The van der Waals surface area contributed by atoms with E-state index < -0.39 is 53.1 Å². The number of carboxylic acids is 2. The number of benzene rings is 6. The summed E-state index contributed by atoms with van der Waals surface area (Å²) >= 11 is 0. The Kier molecular flexibility index (Phi) is 9.61. The van der Waals surface area contributed by atoms with Gasteiger partial charge in [-0.2, -0.15) is 0 Å². The van der Waals surface area contributed by atoms with Crippen LogP contribution in [0, 0.1) is 0 Å². The second kappa shape index (κ2) is 14.9. The first-order valence-electron chi connectivity index (χ1n) is 18.6. The second-order valence-corrected chi connectivity index (χ2v) is 14.1. The molecule has 4 amide bonds. The van der Waals surface area contributed by atoms with E-state index in [1.807, 2.05) is 84.9 Å². The topological polar surface area (TPSA) is 168 Å². The van der Waals surface area contributed by atoms with Gasteiger partial charge in [0.1, 0.15) is 35.1 Å². The Labute approximate surface area is 337 Å². The minimum absolute atomic E-state index is 0.0635. The summed E-state index contributed by atoms with van der Waals surface area (Å²) in [5, 5.41) is 18.9. The van der Waals surface area contributed by atoms with Crippen molar-refractivity contribution in [3.8, 4) is 23.0 Å². The fraction of sp³-hybridized carbons (Fsp3) is 0.106. The van der Waals surface area contributed by atoms with Gasteiger partial charge in [0, 0.05) is 0 Å². The highest BCUT2D eigenvalue weighted by Crippen LogP contribution is 2.46. The molecule has 2 aliphatic rings. The zero-order valence-corrected chi connectivity index (χ0v) is 31.6. The third kappa shape index (κ3) is 6.46. The molecule has 59 heavy (non-hydrogen) atoms. The third-order valence-corrected chi connectivity index (χ3v) is 10.7. The molecule has 6 aromatic rings. The zero-order valence-electron chi connectivity index (χ0n) is 31.6. The molecule has 0 fully saturated rings. The fourth-order valence-corrected chi connectivity index (χ4v) is 7.72. The molecule has 12 nitrogen and oxygen atoms in total. The van der Waals surface area contributed by atoms with E-state index in [4.69, 9.17) is 9.47 Å². The minimum Gasteiger partial charge on any atom is -0.480 e. The van der Waals surface area contributed by atoms with Crippen LogP contribution in [-0.2, 0) is 15.0 Å². The van der Waals surface area contributed by atoms with E-state index in [9.17, 15) is 39.0 Å². The van der Waals surface area contributed by atoms with Crippen LogP contribution in [0.4, 0.5) is 0 Å². The molecule has 6 aromatic carbocycles. The monoisotopic (exact) mass is 786 g/mol. The number of carbonyl (C=O) groups is 6. The Bertz CT molecular complexity index is 2490. The zero-order chi connectivity index (χ0) is 41.6. The van der Waals surface area contributed by atoms with Crippen LogP contribution in [0.3, 0.4) is 0 Å². The molecule has 292 valence electrons. The highest BCUT2D eigenvalue weighted by Gasteiger charge is 2.43. The first-order valence-corrected chi connectivity index (χ1v) is 18.6. The molecule has 0 aliphatic carbocycles. The first kappa shape index (κ1) is 38.0. The predicted octanol–water partition coefficient (Wildman–Crippen LogP) is 7.79. The van der Waals surface area contributed by atoms with E-state index in [-0.39, 0.29) is 22.3 Å². The summed E-state index contributed by atoms with van der Waals surface area (Å²) in [6.07, 6.45) is 0. The van der Waals surface area contributed by atoms with Crippen molar-refractivity contribution in [3.05, 3.63) is 190 Å². The summed E-state index contributed by atoms with van der Waals surface area (Å²) in [5.41, 5.74) is 3.22. The van der Waals surface area contributed by atoms with E-state index in [0.29, 0.717) is 23.0 Å². The van der Waals surface area contributed by atoms with Crippen molar-refractivity contribution in [2.45, 2.75) is 31.3 Å². The Hall–Kier alpha value is -7.86. The van der Waals surface area contributed by atoms with Crippen LogP contribution in [0.25, 0.3) is 0 Å². The third-order valence-electron chi connectivity index (χ3n) is 10.7. The number of fused-ring (bicyclic) bond motifs is 2. The SMILES string of the molecule is CC(C(=O)O)N1C(=O)c2ccc(Oc3ccc(C(c4ccccc4)(c4ccccc4)c4ccc(Oc5ccc6c(c5)C(=O)N(C(C)C(=O)O)C6=O)cc4)cc3)cc2C1=O. The molecule has 2 N–H and O–H groups in total. The second-order valence-electron chi connectivity index (χ2n) is 14.1. The van der Waals surface area contributed by atoms with Crippen LogP contribution >= 0.6 is 0 Å².